The van der Waals surface area contributed by atoms with Gasteiger partial charge in [0.15, 0.2) is 0 Å². The van der Waals surface area contributed by atoms with Crippen LogP contribution in [0.5, 0.6) is 0 Å². The van der Waals surface area contributed by atoms with Gasteiger partial charge in [-0.3, -0.25) is 9.78 Å². The molecule has 0 radical (unpaired) electrons. The molecule has 1 atom stereocenters. The molecule has 0 bridgehead atoms. The summed E-state index contributed by atoms with van der Waals surface area (Å²) in [6, 6.07) is 20.1. The van der Waals surface area contributed by atoms with Gasteiger partial charge in [-0.25, -0.2) is 0 Å². The topological polar surface area (TPSA) is 33.2 Å². The summed E-state index contributed by atoms with van der Waals surface area (Å²) in [6.45, 7) is 3.62. The molecule has 1 heterocycles. The van der Waals surface area contributed by atoms with Gasteiger partial charge in [0.25, 0.3) is 0 Å². The third-order valence-electron chi connectivity index (χ3n) is 4.54. The molecule has 1 aliphatic rings. The van der Waals surface area contributed by atoms with Crippen molar-refractivity contribution in [2.45, 2.75) is 19.9 Å². The van der Waals surface area contributed by atoms with E-state index >= 15 is 0 Å². The van der Waals surface area contributed by atoms with Gasteiger partial charge < -0.3 is 4.90 Å². The van der Waals surface area contributed by atoms with Crippen molar-refractivity contribution in [2.75, 3.05) is 4.90 Å². The monoisotopic (exact) mass is 314 g/mol. The molecule has 0 N–H and O–H groups in total. The number of fused-ring (bicyclic) bond motifs is 3. The maximum absolute atomic E-state index is 12.5. The predicted molar refractivity (Wildman–Crippen MR) is 95.9 cm³/mol. The van der Waals surface area contributed by atoms with Crippen LogP contribution in [0.4, 0.5) is 5.69 Å². The number of carbonyl (C=O) groups excluding carboxylic acids is 1. The van der Waals surface area contributed by atoms with Crippen molar-refractivity contribution >= 4 is 11.6 Å². The highest BCUT2D eigenvalue weighted by atomic mass is 16.2. The van der Waals surface area contributed by atoms with Gasteiger partial charge in [-0.2, -0.15) is 0 Å². The van der Waals surface area contributed by atoms with E-state index < -0.39 is 0 Å². The van der Waals surface area contributed by atoms with E-state index in [0.717, 1.165) is 22.5 Å². The lowest BCUT2D eigenvalue weighted by atomic mass is 10.0. The standard InChI is InChI=1S/C21H18N2O/c1-14-12-19-17-10-6-7-11-18(17)21(20(19)13-22-14)23(15(2)24)16-8-4-3-5-9-16/h3-13,21H,1-2H3. The Bertz CT molecular complexity index is 918. The number of carbonyl (C=O) groups is 1. The van der Waals surface area contributed by atoms with Crippen molar-refractivity contribution in [3.63, 3.8) is 0 Å². The Morgan fingerprint density at radius 1 is 0.958 bits per heavy atom. The summed E-state index contributed by atoms with van der Waals surface area (Å²) in [5.74, 6) is 0.0226. The molecule has 3 heteroatoms. The fourth-order valence-electron chi connectivity index (χ4n) is 3.55. The van der Waals surface area contributed by atoms with E-state index in [1.165, 1.54) is 11.1 Å². The molecule has 1 unspecified atom stereocenters. The van der Waals surface area contributed by atoms with E-state index in [9.17, 15) is 4.79 Å². The minimum absolute atomic E-state index is 0.0226. The molecule has 0 saturated carbocycles. The molecule has 118 valence electrons. The number of anilines is 1. The predicted octanol–water partition coefficient (Wildman–Crippen LogP) is 4.51. The highest BCUT2D eigenvalue weighted by Gasteiger charge is 2.35. The number of nitrogens with zero attached hydrogens (tertiary/aromatic N) is 2. The van der Waals surface area contributed by atoms with Crippen LogP contribution in [0.3, 0.4) is 0 Å². The number of rotatable bonds is 2. The first-order chi connectivity index (χ1) is 11.7. The molecule has 3 nitrogen and oxygen atoms in total. The normalized spacial score (nSPS) is 14.8. The van der Waals surface area contributed by atoms with E-state index in [4.69, 9.17) is 0 Å². The Balaban J connectivity index is 1.96. The fourth-order valence-corrected chi connectivity index (χ4v) is 3.55. The smallest absolute Gasteiger partial charge is 0.224 e. The van der Waals surface area contributed by atoms with Gasteiger partial charge in [0.2, 0.25) is 5.91 Å². The Morgan fingerprint density at radius 3 is 2.42 bits per heavy atom. The zero-order valence-corrected chi connectivity index (χ0v) is 13.7. The molecule has 0 spiro atoms. The average molecular weight is 314 g/mol. The number of aryl methyl sites for hydroxylation is 1. The molecule has 0 aliphatic heterocycles. The molecular weight excluding hydrogens is 296 g/mol. The van der Waals surface area contributed by atoms with Gasteiger partial charge in [-0.15, -0.1) is 0 Å². The first kappa shape index (κ1) is 14.6. The van der Waals surface area contributed by atoms with Crippen LogP contribution < -0.4 is 4.90 Å². The number of pyridine rings is 1. The fraction of sp³-hybridized carbons (Fsp3) is 0.143. The summed E-state index contributed by atoms with van der Waals surface area (Å²) < 4.78 is 0. The van der Waals surface area contributed by atoms with Crippen LogP contribution in [-0.2, 0) is 4.79 Å². The van der Waals surface area contributed by atoms with Gasteiger partial charge in [0.1, 0.15) is 0 Å². The summed E-state index contributed by atoms with van der Waals surface area (Å²) >= 11 is 0. The zero-order chi connectivity index (χ0) is 16.7. The Kier molecular flexibility index (Phi) is 3.42. The number of benzene rings is 2. The number of aromatic nitrogens is 1. The number of amides is 1. The average Bonchev–Trinajstić information content (AvgIpc) is 2.90. The van der Waals surface area contributed by atoms with Crippen LogP contribution in [0.25, 0.3) is 11.1 Å². The second-order valence-electron chi connectivity index (χ2n) is 6.13. The summed E-state index contributed by atoms with van der Waals surface area (Å²) in [6.07, 6.45) is 1.91. The van der Waals surface area contributed by atoms with Gasteiger partial charge in [-0.1, -0.05) is 42.5 Å². The van der Waals surface area contributed by atoms with E-state index in [2.05, 4.69) is 23.2 Å². The first-order valence-corrected chi connectivity index (χ1v) is 8.07. The molecule has 1 amide bonds. The molecule has 1 aromatic heterocycles. The van der Waals surface area contributed by atoms with Gasteiger partial charge in [0, 0.05) is 30.1 Å². The molecule has 1 aliphatic carbocycles. The van der Waals surface area contributed by atoms with Crippen molar-refractivity contribution in [2.24, 2.45) is 0 Å². The highest BCUT2D eigenvalue weighted by Crippen LogP contribution is 2.47. The lowest BCUT2D eigenvalue weighted by Gasteiger charge is -2.29. The van der Waals surface area contributed by atoms with Crippen molar-refractivity contribution < 1.29 is 4.79 Å². The van der Waals surface area contributed by atoms with Crippen molar-refractivity contribution in [1.29, 1.82) is 0 Å². The number of para-hydroxylation sites is 1. The quantitative estimate of drug-likeness (QED) is 0.697. The maximum atomic E-state index is 12.5. The Hall–Kier alpha value is -2.94. The Morgan fingerprint density at radius 2 is 1.67 bits per heavy atom. The minimum atomic E-state index is -0.135. The molecule has 3 aromatic rings. The lowest BCUT2D eigenvalue weighted by Crippen LogP contribution is -2.32. The van der Waals surface area contributed by atoms with E-state index in [1.807, 2.05) is 60.5 Å². The molecular formula is C21H18N2O. The largest absolute Gasteiger partial charge is 0.301 e. The van der Waals surface area contributed by atoms with Crippen LogP contribution >= 0.6 is 0 Å². The second-order valence-corrected chi connectivity index (χ2v) is 6.13. The zero-order valence-electron chi connectivity index (χ0n) is 13.7. The van der Waals surface area contributed by atoms with E-state index in [0.29, 0.717) is 0 Å². The maximum Gasteiger partial charge on any atom is 0.224 e. The van der Waals surface area contributed by atoms with Crippen LogP contribution in [0.1, 0.15) is 29.8 Å². The summed E-state index contributed by atoms with van der Waals surface area (Å²) in [5, 5.41) is 0. The number of hydrogen-bond donors (Lipinski definition) is 0. The molecule has 24 heavy (non-hydrogen) atoms. The van der Waals surface area contributed by atoms with Crippen LogP contribution in [-0.4, -0.2) is 10.9 Å². The summed E-state index contributed by atoms with van der Waals surface area (Å²) in [7, 11) is 0. The molecule has 0 fully saturated rings. The number of hydrogen-bond acceptors (Lipinski definition) is 2. The van der Waals surface area contributed by atoms with E-state index in [-0.39, 0.29) is 11.9 Å². The molecule has 4 rings (SSSR count). The van der Waals surface area contributed by atoms with Gasteiger partial charge in [0.05, 0.1) is 6.04 Å². The van der Waals surface area contributed by atoms with Crippen molar-refractivity contribution in [3.8, 4) is 11.1 Å². The second kappa shape index (κ2) is 5.60. The van der Waals surface area contributed by atoms with Crippen LogP contribution in [0.2, 0.25) is 0 Å². The third kappa shape index (κ3) is 2.21. The van der Waals surface area contributed by atoms with E-state index in [1.54, 1.807) is 6.92 Å². The van der Waals surface area contributed by atoms with Crippen molar-refractivity contribution in [3.05, 3.63) is 83.7 Å². The summed E-state index contributed by atoms with van der Waals surface area (Å²) in [5.41, 5.74) is 6.48. The van der Waals surface area contributed by atoms with Crippen LogP contribution in [0, 0.1) is 6.92 Å². The first-order valence-electron chi connectivity index (χ1n) is 8.07. The highest BCUT2D eigenvalue weighted by molar-refractivity contribution is 5.95. The van der Waals surface area contributed by atoms with Crippen molar-refractivity contribution in [1.82, 2.24) is 4.98 Å². The summed E-state index contributed by atoms with van der Waals surface area (Å²) in [4.78, 5) is 18.9. The van der Waals surface area contributed by atoms with Gasteiger partial charge >= 0.3 is 0 Å². The van der Waals surface area contributed by atoms with Gasteiger partial charge in [-0.05, 0) is 41.8 Å². The third-order valence-corrected chi connectivity index (χ3v) is 4.54. The molecule has 0 saturated heterocycles. The van der Waals surface area contributed by atoms with Crippen LogP contribution in [0.15, 0.2) is 66.9 Å². The Labute approximate surface area is 141 Å². The lowest BCUT2D eigenvalue weighted by molar-refractivity contribution is -0.116. The minimum Gasteiger partial charge on any atom is -0.301 e. The SMILES string of the molecule is CC(=O)N(c1ccccc1)C1c2ccccc2-c2cc(C)ncc21. The molecule has 2 aromatic carbocycles.